The maximum Gasteiger partial charge on any atom is 0.351 e. The van der Waals surface area contributed by atoms with Crippen LogP contribution in [0.5, 0.6) is 0 Å². The number of rotatable bonds is 4. The highest BCUT2D eigenvalue weighted by molar-refractivity contribution is 8.06. The van der Waals surface area contributed by atoms with Gasteiger partial charge in [-0.05, 0) is 31.6 Å². The first-order valence-corrected chi connectivity index (χ1v) is 8.59. The Hall–Kier alpha value is -0.830. The molecule has 8 nitrogen and oxygen atoms in total. The SMILES string of the molecule is Cc1cn([C@H]2CC[C@@H](COP(O)(O)=S)O2)c(=O)nc1N. The van der Waals surface area contributed by atoms with Crippen LogP contribution in [0, 0.1) is 6.92 Å². The van der Waals surface area contributed by atoms with E-state index in [9.17, 15) is 4.79 Å². The predicted molar refractivity (Wildman–Crippen MR) is 75.5 cm³/mol. The Morgan fingerprint density at radius 1 is 1.65 bits per heavy atom. The molecule has 0 amide bonds. The number of hydrogen-bond donors (Lipinski definition) is 3. The second-order valence-corrected chi connectivity index (χ2v) is 7.24. The molecule has 0 unspecified atom stereocenters. The minimum Gasteiger partial charge on any atom is -0.383 e. The van der Waals surface area contributed by atoms with Gasteiger partial charge in [0.2, 0.25) is 0 Å². The second-order valence-electron chi connectivity index (χ2n) is 4.58. The van der Waals surface area contributed by atoms with Gasteiger partial charge in [0.1, 0.15) is 12.0 Å². The Bertz CT molecular complexity index is 601. The fourth-order valence-corrected chi connectivity index (χ4v) is 2.52. The first-order valence-electron chi connectivity index (χ1n) is 5.97. The van der Waals surface area contributed by atoms with Crippen molar-refractivity contribution in [2.75, 3.05) is 12.3 Å². The van der Waals surface area contributed by atoms with Crippen LogP contribution in [0.4, 0.5) is 5.82 Å². The van der Waals surface area contributed by atoms with E-state index in [-0.39, 0.29) is 18.5 Å². The van der Waals surface area contributed by atoms with Crippen molar-refractivity contribution in [2.45, 2.75) is 32.1 Å². The summed E-state index contributed by atoms with van der Waals surface area (Å²) in [6, 6.07) is 0. The highest BCUT2D eigenvalue weighted by atomic mass is 32.5. The Labute approximate surface area is 120 Å². The van der Waals surface area contributed by atoms with E-state index in [1.807, 2.05) is 0 Å². The molecular weight excluding hydrogens is 305 g/mol. The predicted octanol–water partition coefficient (Wildman–Crippen LogP) is 0.0372. The highest BCUT2D eigenvalue weighted by Crippen LogP contribution is 2.38. The van der Waals surface area contributed by atoms with E-state index in [1.165, 1.54) is 4.57 Å². The minimum absolute atomic E-state index is 0.0170. The summed E-state index contributed by atoms with van der Waals surface area (Å²) in [6.07, 6.45) is 2.01. The van der Waals surface area contributed by atoms with Crippen LogP contribution in [0.2, 0.25) is 0 Å². The van der Waals surface area contributed by atoms with E-state index in [1.54, 1.807) is 13.1 Å². The quantitative estimate of drug-likeness (QED) is 0.665. The van der Waals surface area contributed by atoms with Gasteiger partial charge in [-0.15, -0.1) is 0 Å². The van der Waals surface area contributed by atoms with Crippen LogP contribution in [-0.2, 0) is 21.1 Å². The molecule has 0 saturated carbocycles. The Kier molecular flexibility index (Phi) is 4.58. The third-order valence-corrected chi connectivity index (χ3v) is 3.80. The molecule has 0 spiro atoms. The van der Waals surface area contributed by atoms with Crippen LogP contribution < -0.4 is 11.4 Å². The average Bonchev–Trinajstić information content (AvgIpc) is 2.79. The summed E-state index contributed by atoms with van der Waals surface area (Å²) in [5.74, 6) is 0.199. The lowest BCUT2D eigenvalue weighted by Gasteiger charge is -2.17. The van der Waals surface area contributed by atoms with E-state index in [4.69, 9.17) is 24.8 Å². The lowest BCUT2D eigenvalue weighted by atomic mass is 10.2. The third kappa shape index (κ3) is 3.85. The maximum absolute atomic E-state index is 11.8. The summed E-state index contributed by atoms with van der Waals surface area (Å²) < 4.78 is 11.8. The van der Waals surface area contributed by atoms with Crippen molar-refractivity contribution in [1.29, 1.82) is 0 Å². The van der Waals surface area contributed by atoms with Crippen LogP contribution in [0.3, 0.4) is 0 Å². The summed E-state index contributed by atoms with van der Waals surface area (Å²) in [4.78, 5) is 33.5. The van der Waals surface area contributed by atoms with Gasteiger partial charge >= 0.3 is 12.4 Å². The molecule has 20 heavy (non-hydrogen) atoms. The molecule has 0 radical (unpaired) electrons. The number of nitrogen functional groups attached to an aromatic ring is 1. The molecule has 10 heteroatoms. The topological polar surface area (TPSA) is 120 Å². The van der Waals surface area contributed by atoms with Crippen molar-refractivity contribution in [1.82, 2.24) is 9.55 Å². The Balaban J connectivity index is 2.05. The lowest BCUT2D eigenvalue weighted by molar-refractivity contribution is -0.0218. The summed E-state index contributed by atoms with van der Waals surface area (Å²) in [6.45, 7) is -1.94. The van der Waals surface area contributed by atoms with Gasteiger partial charge in [0.25, 0.3) is 0 Å². The molecule has 1 fully saturated rings. The molecule has 0 aromatic carbocycles. The molecule has 1 aliphatic heterocycles. The van der Waals surface area contributed by atoms with Crippen molar-refractivity contribution in [3.05, 3.63) is 22.2 Å². The second kappa shape index (κ2) is 5.88. The molecule has 2 atom stereocenters. The number of aromatic nitrogens is 2. The number of aryl methyl sites for hydroxylation is 1. The molecule has 1 aliphatic rings. The molecule has 0 aliphatic carbocycles. The van der Waals surface area contributed by atoms with E-state index in [0.29, 0.717) is 18.4 Å². The fraction of sp³-hybridized carbons (Fsp3) is 0.600. The number of nitrogens with zero attached hydrogens (tertiary/aromatic N) is 2. The third-order valence-electron chi connectivity index (χ3n) is 3.00. The molecule has 1 saturated heterocycles. The summed E-state index contributed by atoms with van der Waals surface area (Å²) >= 11 is 4.36. The van der Waals surface area contributed by atoms with Gasteiger partial charge in [-0.2, -0.15) is 4.98 Å². The lowest BCUT2D eigenvalue weighted by Crippen LogP contribution is -2.28. The summed E-state index contributed by atoms with van der Waals surface area (Å²) in [7, 11) is 0. The molecule has 1 aromatic heterocycles. The van der Waals surface area contributed by atoms with Gasteiger partial charge in [-0.25, -0.2) is 4.79 Å². The Morgan fingerprint density at radius 2 is 2.35 bits per heavy atom. The fourth-order valence-electron chi connectivity index (χ4n) is 1.98. The largest absolute Gasteiger partial charge is 0.383 e. The normalized spacial score (nSPS) is 23.1. The van der Waals surface area contributed by atoms with Crippen molar-refractivity contribution in [2.24, 2.45) is 0 Å². The standard InChI is InChI=1S/C10H16N3O5PS/c1-6-4-13(10(14)12-9(6)11)8-3-2-7(18-8)5-17-19(15,16)20/h4,7-8H,2-3,5H2,1H3,(H2,11,12,14)(H2,15,16,20)/t7-,8+/m0/s1. The van der Waals surface area contributed by atoms with E-state index >= 15 is 0 Å². The number of ether oxygens (including phenoxy) is 1. The van der Waals surface area contributed by atoms with E-state index in [0.717, 1.165) is 0 Å². The van der Waals surface area contributed by atoms with E-state index < -0.39 is 18.6 Å². The van der Waals surface area contributed by atoms with Crippen LogP contribution in [0.1, 0.15) is 24.6 Å². The molecule has 0 bridgehead atoms. The minimum atomic E-state index is -3.68. The molecular formula is C10H16N3O5PS. The molecule has 1 aromatic rings. The first-order chi connectivity index (χ1) is 9.26. The van der Waals surface area contributed by atoms with Gasteiger partial charge in [0.15, 0.2) is 0 Å². The van der Waals surface area contributed by atoms with E-state index in [2.05, 4.69) is 16.8 Å². The zero-order valence-electron chi connectivity index (χ0n) is 10.8. The van der Waals surface area contributed by atoms with Gasteiger partial charge in [-0.3, -0.25) is 4.57 Å². The van der Waals surface area contributed by atoms with Crippen LogP contribution in [0.25, 0.3) is 0 Å². The van der Waals surface area contributed by atoms with Crippen molar-refractivity contribution >= 4 is 24.3 Å². The molecule has 2 rings (SSSR count). The highest BCUT2D eigenvalue weighted by Gasteiger charge is 2.29. The summed E-state index contributed by atoms with van der Waals surface area (Å²) in [5.41, 5.74) is 5.77. The van der Waals surface area contributed by atoms with Gasteiger partial charge < -0.3 is 24.8 Å². The summed E-state index contributed by atoms with van der Waals surface area (Å²) in [5, 5.41) is 0. The zero-order chi connectivity index (χ0) is 14.9. The first kappa shape index (κ1) is 15.6. The molecule has 112 valence electrons. The van der Waals surface area contributed by atoms with Crippen LogP contribution in [0.15, 0.2) is 11.0 Å². The zero-order valence-corrected chi connectivity index (χ0v) is 12.5. The Morgan fingerprint density at radius 3 is 3.00 bits per heavy atom. The van der Waals surface area contributed by atoms with Crippen LogP contribution >= 0.6 is 6.72 Å². The van der Waals surface area contributed by atoms with Crippen molar-refractivity contribution in [3.63, 3.8) is 0 Å². The van der Waals surface area contributed by atoms with Gasteiger partial charge in [0, 0.05) is 11.8 Å². The number of anilines is 1. The number of nitrogens with two attached hydrogens (primary N) is 1. The monoisotopic (exact) mass is 321 g/mol. The van der Waals surface area contributed by atoms with Gasteiger partial charge in [0.05, 0.1) is 12.7 Å². The smallest absolute Gasteiger partial charge is 0.351 e. The molecule has 2 heterocycles. The maximum atomic E-state index is 11.8. The van der Waals surface area contributed by atoms with Crippen molar-refractivity contribution < 1.29 is 19.0 Å². The van der Waals surface area contributed by atoms with Gasteiger partial charge in [-0.1, -0.05) is 0 Å². The average molecular weight is 321 g/mol. The molecule has 4 N–H and O–H groups in total. The van der Waals surface area contributed by atoms with Crippen LogP contribution in [-0.4, -0.2) is 32.0 Å². The van der Waals surface area contributed by atoms with Crippen molar-refractivity contribution in [3.8, 4) is 0 Å². The number of hydrogen-bond acceptors (Lipinski definition) is 6.